The summed E-state index contributed by atoms with van der Waals surface area (Å²) in [5.41, 5.74) is 0.877. The van der Waals surface area contributed by atoms with Crippen molar-refractivity contribution in [1.29, 1.82) is 0 Å². The Morgan fingerprint density at radius 3 is 2.73 bits per heavy atom. The summed E-state index contributed by atoms with van der Waals surface area (Å²) in [4.78, 5) is 6.81. The molecule has 0 saturated carbocycles. The highest BCUT2D eigenvalue weighted by Gasteiger charge is 2.38. The Hall–Kier alpha value is -0.870. The second kappa shape index (κ2) is 3.61. The first-order valence-electron chi connectivity index (χ1n) is 5.40. The zero-order chi connectivity index (χ0) is 11.1. The molecule has 1 fully saturated rings. The molecule has 0 aromatic carbocycles. The van der Waals surface area contributed by atoms with Gasteiger partial charge >= 0.3 is 0 Å². The molecule has 1 aliphatic heterocycles. The van der Waals surface area contributed by atoms with Crippen LogP contribution in [0.1, 0.15) is 24.3 Å². The molecule has 0 aliphatic carbocycles. The molecule has 1 N–H and O–H groups in total. The third-order valence-corrected chi connectivity index (χ3v) is 3.42. The third kappa shape index (κ3) is 1.68. The number of piperazine rings is 1. The summed E-state index contributed by atoms with van der Waals surface area (Å²) in [5.74, 6) is 1.75. The molecule has 1 aromatic rings. The van der Waals surface area contributed by atoms with Gasteiger partial charge in [-0.15, -0.1) is 0 Å². The molecule has 1 saturated heterocycles. The molecule has 1 unspecified atom stereocenters. The molecule has 84 valence electrons. The summed E-state index contributed by atoms with van der Waals surface area (Å²) in [7, 11) is 2.12. The number of oxazole rings is 1. The molecule has 0 bridgehead atoms. The molecular weight excluding hydrogens is 190 g/mol. The predicted octanol–water partition coefficient (Wildman–Crippen LogP) is 1.04. The number of likely N-dealkylation sites (N-methyl/N-ethyl adjacent to an activating group) is 1. The van der Waals surface area contributed by atoms with Crippen LogP contribution in [0, 0.1) is 13.8 Å². The Balaban J connectivity index is 2.34. The van der Waals surface area contributed by atoms with Crippen LogP contribution in [0.4, 0.5) is 0 Å². The highest BCUT2D eigenvalue weighted by atomic mass is 16.4. The molecule has 2 heterocycles. The second-order valence-corrected chi connectivity index (χ2v) is 4.53. The normalized spacial score (nSPS) is 28.3. The van der Waals surface area contributed by atoms with E-state index in [0.29, 0.717) is 0 Å². The molecule has 0 amide bonds. The Morgan fingerprint density at radius 1 is 1.47 bits per heavy atom. The Kier molecular flexibility index (Phi) is 2.56. The van der Waals surface area contributed by atoms with Crippen molar-refractivity contribution in [2.24, 2.45) is 0 Å². The van der Waals surface area contributed by atoms with Gasteiger partial charge in [0.2, 0.25) is 5.89 Å². The van der Waals surface area contributed by atoms with Crippen LogP contribution in [0.25, 0.3) is 0 Å². The highest BCUT2D eigenvalue weighted by molar-refractivity contribution is 5.12. The summed E-state index contributed by atoms with van der Waals surface area (Å²) < 4.78 is 5.73. The van der Waals surface area contributed by atoms with Crippen molar-refractivity contribution in [2.45, 2.75) is 26.3 Å². The van der Waals surface area contributed by atoms with Crippen LogP contribution in [0.15, 0.2) is 4.42 Å². The minimum absolute atomic E-state index is 0.114. The van der Waals surface area contributed by atoms with Gasteiger partial charge in [0.1, 0.15) is 11.3 Å². The first kappa shape index (κ1) is 10.6. The fraction of sp³-hybridized carbons (Fsp3) is 0.727. The van der Waals surface area contributed by atoms with Gasteiger partial charge in [-0.1, -0.05) is 0 Å². The Labute approximate surface area is 90.7 Å². The molecule has 0 spiro atoms. The Bertz CT molecular complexity index is 341. The topological polar surface area (TPSA) is 41.3 Å². The number of rotatable bonds is 1. The molecular formula is C11H19N3O. The first-order valence-corrected chi connectivity index (χ1v) is 5.40. The van der Waals surface area contributed by atoms with Crippen LogP contribution in [0.5, 0.6) is 0 Å². The lowest BCUT2D eigenvalue weighted by Gasteiger charge is -2.40. The summed E-state index contributed by atoms with van der Waals surface area (Å²) in [6.45, 7) is 9.07. The monoisotopic (exact) mass is 209 g/mol. The maximum Gasteiger partial charge on any atom is 0.216 e. The Morgan fingerprint density at radius 2 is 2.20 bits per heavy atom. The van der Waals surface area contributed by atoms with Crippen molar-refractivity contribution in [2.75, 3.05) is 26.7 Å². The molecule has 1 aliphatic rings. The molecule has 1 aromatic heterocycles. The van der Waals surface area contributed by atoms with Crippen LogP contribution in [-0.4, -0.2) is 36.6 Å². The number of hydrogen-bond acceptors (Lipinski definition) is 4. The quantitative estimate of drug-likeness (QED) is 0.750. The number of aryl methyl sites for hydroxylation is 2. The van der Waals surface area contributed by atoms with Crippen molar-refractivity contribution in [1.82, 2.24) is 15.2 Å². The van der Waals surface area contributed by atoms with Gasteiger partial charge in [0, 0.05) is 19.6 Å². The van der Waals surface area contributed by atoms with Crippen molar-refractivity contribution >= 4 is 0 Å². The summed E-state index contributed by atoms with van der Waals surface area (Å²) in [6.07, 6.45) is 0. The minimum atomic E-state index is -0.114. The smallest absolute Gasteiger partial charge is 0.216 e. The molecule has 2 rings (SSSR count). The SMILES string of the molecule is Cc1nc(C2(C)CNCCN2C)oc1C. The van der Waals surface area contributed by atoms with Crippen LogP contribution < -0.4 is 5.32 Å². The van der Waals surface area contributed by atoms with Crippen LogP contribution in [-0.2, 0) is 5.54 Å². The molecule has 4 heteroatoms. The van der Waals surface area contributed by atoms with E-state index in [1.165, 1.54) is 0 Å². The van der Waals surface area contributed by atoms with Gasteiger partial charge in [0.15, 0.2) is 0 Å². The maximum absolute atomic E-state index is 5.73. The van der Waals surface area contributed by atoms with E-state index in [9.17, 15) is 0 Å². The van der Waals surface area contributed by atoms with E-state index >= 15 is 0 Å². The highest BCUT2D eigenvalue weighted by Crippen LogP contribution is 2.28. The predicted molar refractivity (Wildman–Crippen MR) is 58.8 cm³/mol. The fourth-order valence-corrected chi connectivity index (χ4v) is 1.90. The van der Waals surface area contributed by atoms with E-state index in [-0.39, 0.29) is 5.54 Å². The van der Waals surface area contributed by atoms with Crippen LogP contribution in [0.2, 0.25) is 0 Å². The van der Waals surface area contributed by atoms with Crippen molar-refractivity contribution < 1.29 is 4.42 Å². The van der Waals surface area contributed by atoms with Gasteiger partial charge in [-0.3, -0.25) is 4.90 Å². The van der Waals surface area contributed by atoms with Gasteiger partial charge in [0.05, 0.1) is 5.69 Å². The average Bonchev–Trinajstić information content (AvgIpc) is 2.53. The van der Waals surface area contributed by atoms with Crippen molar-refractivity contribution in [3.63, 3.8) is 0 Å². The van der Waals surface area contributed by atoms with Crippen LogP contribution in [0.3, 0.4) is 0 Å². The number of aromatic nitrogens is 1. The van der Waals surface area contributed by atoms with E-state index in [0.717, 1.165) is 37.0 Å². The van der Waals surface area contributed by atoms with Crippen molar-refractivity contribution in [3.8, 4) is 0 Å². The zero-order valence-electron chi connectivity index (χ0n) is 9.92. The largest absolute Gasteiger partial charge is 0.444 e. The van der Waals surface area contributed by atoms with E-state index < -0.39 is 0 Å². The first-order chi connectivity index (χ1) is 7.04. The molecule has 15 heavy (non-hydrogen) atoms. The molecule has 1 atom stereocenters. The standard InChI is InChI=1S/C11H19N3O/c1-8-9(2)15-10(13-8)11(3)7-12-5-6-14(11)4/h12H,5-7H2,1-4H3. The van der Waals surface area contributed by atoms with Crippen molar-refractivity contribution in [3.05, 3.63) is 17.3 Å². The zero-order valence-corrected chi connectivity index (χ0v) is 9.92. The average molecular weight is 209 g/mol. The lowest BCUT2D eigenvalue weighted by atomic mass is 9.98. The number of nitrogens with zero attached hydrogens (tertiary/aromatic N) is 2. The molecule has 4 nitrogen and oxygen atoms in total. The van der Waals surface area contributed by atoms with Gasteiger partial charge in [0.25, 0.3) is 0 Å². The van der Waals surface area contributed by atoms with Gasteiger partial charge < -0.3 is 9.73 Å². The minimum Gasteiger partial charge on any atom is -0.444 e. The maximum atomic E-state index is 5.73. The van der Waals surface area contributed by atoms with Gasteiger partial charge in [-0.2, -0.15) is 0 Å². The third-order valence-electron chi connectivity index (χ3n) is 3.42. The van der Waals surface area contributed by atoms with Gasteiger partial charge in [-0.25, -0.2) is 4.98 Å². The molecule has 0 radical (unpaired) electrons. The lowest BCUT2D eigenvalue weighted by Crippen LogP contribution is -2.55. The summed E-state index contributed by atoms with van der Waals surface area (Å²) in [6, 6.07) is 0. The van der Waals surface area contributed by atoms with Crippen LogP contribution >= 0.6 is 0 Å². The number of nitrogens with one attached hydrogen (secondary N) is 1. The number of hydrogen-bond donors (Lipinski definition) is 1. The van der Waals surface area contributed by atoms with E-state index in [1.54, 1.807) is 0 Å². The lowest BCUT2D eigenvalue weighted by molar-refractivity contribution is 0.0753. The van der Waals surface area contributed by atoms with E-state index in [4.69, 9.17) is 4.42 Å². The van der Waals surface area contributed by atoms with Gasteiger partial charge in [-0.05, 0) is 27.8 Å². The second-order valence-electron chi connectivity index (χ2n) is 4.53. The van der Waals surface area contributed by atoms with E-state index in [2.05, 4.69) is 29.2 Å². The van der Waals surface area contributed by atoms with E-state index in [1.807, 2.05) is 13.8 Å². The summed E-state index contributed by atoms with van der Waals surface area (Å²) >= 11 is 0. The summed E-state index contributed by atoms with van der Waals surface area (Å²) in [5, 5.41) is 3.39. The fourth-order valence-electron chi connectivity index (χ4n) is 1.90.